The number of hydrogen-bond acceptors (Lipinski definition) is 7. The van der Waals surface area contributed by atoms with Crippen LogP contribution in [0.3, 0.4) is 0 Å². The van der Waals surface area contributed by atoms with E-state index < -0.39 is 5.91 Å². The Bertz CT molecular complexity index is 1440. The first-order chi connectivity index (χ1) is 17.9. The molecular weight excluding hydrogens is 517 g/mol. The van der Waals surface area contributed by atoms with E-state index >= 15 is 0 Å². The number of amides is 2. The van der Waals surface area contributed by atoms with Crippen molar-refractivity contribution in [2.24, 2.45) is 5.10 Å². The summed E-state index contributed by atoms with van der Waals surface area (Å²) in [6, 6.07) is 18.2. The molecule has 11 heteroatoms. The van der Waals surface area contributed by atoms with Crippen LogP contribution in [0.5, 0.6) is 5.75 Å². The van der Waals surface area contributed by atoms with Crippen LogP contribution in [0.2, 0.25) is 5.02 Å². The number of hydrogen-bond donors (Lipinski definition) is 2. The standard InChI is InChI=1S/C26H21ClFN5O3S/c1-16-4-2-3-5-21(16)25(35)30-26-33-32-24(37-26)13-23(34)31-29-14-18-12-19(27)8-11-22(18)36-15-17-6-9-20(28)10-7-17/h2-12,14H,13,15H2,1H3,(H,31,34)(H,30,33,35)/b29-14+. The van der Waals surface area contributed by atoms with Crippen LogP contribution in [0.4, 0.5) is 9.52 Å². The van der Waals surface area contributed by atoms with Gasteiger partial charge in [0, 0.05) is 16.1 Å². The Kier molecular flexibility index (Phi) is 8.55. The van der Waals surface area contributed by atoms with Gasteiger partial charge >= 0.3 is 0 Å². The van der Waals surface area contributed by atoms with Gasteiger partial charge in [-0.15, -0.1) is 10.2 Å². The Labute approximate surface area is 221 Å². The summed E-state index contributed by atoms with van der Waals surface area (Å²) in [4.78, 5) is 24.8. The average Bonchev–Trinajstić information content (AvgIpc) is 3.31. The number of ether oxygens (including phenoxy) is 1. The molecule has 1 heterocycles. The van der Waals surface area contributed by atoms with Crippen LogP contribution >= 0.6 is 22.9 Å². The molecule has 2 amide bonds. The van der Waals surface area contributed by atoms with Crippen molar-refractivity contribution >= 4 is 46.1 Å². The molecule has 0 atom stereocenters. The monoisotopic (exact) mass is 537 g/mol. The van der Waals surface area contributed by atoms with E-state index in [0.29, 0.717) is 32.0 Å². The Morgan fingerprint density at radius 1 is 1.11 bits per heavy atom. The average molecular weight is 538 g/mol. The van der Waals surface area contributed by atoms with Crippen LogP contribution in [0.15, 0.2) is 71.8 Å². The van der Waals surface area contributed by atoms with Crippen LogP contribution in [0, 0.1) is 12.7 Å². The zero-order chi connectivity index (χ0) is 26.2. The van der Waals surface area contributed by atoms with E-state index in [1.165, 1.54) is 18.3 Å². The number of rotatable bonds is 9. The van der Waals surface area contributed by atoms with E-state index in [4.69, 9.17) is 16.3 Å². The minimum atomic E-state index is -0.417. The fourth-order valence-corrected chi connectivity index (χ4v) is 4.13. The van der Waals surface area contributed by atoms with Crippen molar-refractivity contribution in [3.05, 3.63) is 105 Å². The van der Waals surface area contributed by atoms with E-state index in [0.717, 1.165) is 22.5 Å². The molecule has 0 saturated heterocycles. The van der Waals surface area contributed by atoms with Gasteiger partial charge < -0.3 is 4.74 Å². The maximum atomic E-state index is 13.1. The van der Waals surface area contributed by atoms with Gasteiger partial charge in [-0.25, -0.2) is 9.82 Å². The highest BCUT2D eigenvalue weighted by molar-refractivity contribution is 7.15. The molecule has 0 fully saturated rings. The first-order valence-electron chi connectivity index (χ1n) is 11.1. The lowest BCUT2D eigenvalue weighted by Crippen LogP contribution is -2.19. The summed E-state index contributed by atoms with van der Waals surface area (Å²) < 4.78 is 18.9. The van der Waals surface area contributed by atoms with Crippen LogP contribution < -0.4 is 15.5 Å². The minimum Gasteiger partial charge on any atom is -0.488 e. The van der Waals surface area contributed by atoms with Crippen LogP contribution in [-0.4, -0.2) is 28.2 Å². The summed E-state index contributed by atoms with van der Waals surface area (Å²) in [7, 11) is 0. The molecule has 0 aliphatic carbocycles. The molecular formula is C26H21ClFN5O3S. The molecule has 1 aromatic heterocycles. The second kappa shape index (κ2) is 12.2. The number of halogens is 2. The maximum Gasteiger partial charge on any atom is 0.257 e. The maximum absolute atomic E-state index is 13.1. The predicted molar refractivity (Wildman–Crippen MR) is 141 cm³/mol. The van der Waals surface area contributed by atoms with Crippen molar-refractivity contribution in [3.8, 4) is 5.75 Å². The van der Waals surface area contributed by atoms with Gasteiger partial charge in [-0.05, 0) is 54.4 Å². The summed E-state index contributed by atoms with van der Waals surface area (Å²) in [6.45, 7) is 2.06. The number of nitrogens with one attached hydrogen (secondary N) is 2. The topological polar surface area (TPSA) is 106 Å². The number of hydrazone groups is 1. The highest BCUT2D eigenvalue weighted by atomic mass is 35.5. The molecule has 0 aliphatic heterocycles. The number of benzene rings is 3. The van der Waals surface area contributed by atoms with Crippen molar-refractivity contribution in [2.75, 3.05) is 5.32 Å². The van der Waals surface area contributed by atoms with Crippen molar-refractivity contribution in [1.29, 1.82) is 0 Å². The summed E-state index contributed by atoms with van der Waals surface area (Å²) in [5.41, 5.74) is 5.14. The third kappa shape index (κ3) is 7.42. The highest BCUT2D eigenvalue weighted by Gasteiger charge is 2.14. The van der Waals surface area contributed by atoms with Crippen molar-refractivity contribution in [2.45, 2.75) is 20.0 Å². The van der Waals surface area contributed by atoms with Crippen molar-refractivity contribution in [1.82, 2.24) is 15.6 Å². The molecule has 8 nitrogen and oxygen atoms in total. The van der Waals surface area contributed by atoms with Crippen LogP contribution in [-0.2, 0) is 17.8 Å². The molecule has 0 aliphatic rings. The third-order valence-electron chi connectivity index (χ3n) is 5.06. The number of carbonyl (C=O) groups excluding carboxylic acids is 2. The number of anilines is 1. The summed E-state index contributed by atoms with van der Waals surface area (Å²) in [5, 5.41) is 15.7. The Morgan fingerprint density at radius 3 is 2.68 bits per heavy atom. The first-order valence-corrected chi connectivity index (χ1v) is 12.2. The van der Waals surface area contributed by atoms with E-state index in [1.807, 2.05) is 19.1 Å². The molecule has 0 saturated carbocycles. The molecule has 37 heavy (non-hydrogen) atoms. The molecule has 4 aromatic rings. The first kappa shape index (κ1) is 25.9. The van der Waals surface area contributed by atoms with Gasteiger partial charge in [-0.2, -0.15) is 5.10 Å². The van der Waals surface area contributed by atoms with Gasteiger partial charge in [0.05, 0.1) is 12.6 Å². The van der Waals surface area contributed by atoms with Gasteiger partial charge in [-0.1, -0.05) is 53.3 Å². The Balaban J connectivity index is 1.32. The number of nitrogens with zero attached hydrogens (tertiary/aromatic N) is 3. The smallest absolute Gasteiger partial charge is 0.257 e. The molecule has 3 aromatic carbocycles. The summed E-state index contributed by atoms with van der Waals surface area (Å²) >= 11 is 7.20. The minimum absolute atomic E-state index is 0.0707. The van der Waals surface area contributed by atoms with E-state index in [2.05, 4.69) is 26.0 Å². The lowest BCUT2D eigenvalue weighted by Gasteiger charge is -2.09. The SMILES string of the molecule is Cc1ccccc1C(=O)Nc1nnc(CC(=O)N/N=C/c2cc(Cl)ccc2OCc2ccc(F)cc2)s1. The summed E-state index contributed by atoms with van der Waals surface area (Å²) in [5.74, 6) is -0.547. The van der Waals surface area contributed by atoms with Gasteiger partial charge in [0.1, 0.15) is 23.2 Å². The lowest BCUT2D eigenvalue weighted by molar-refractivity contribution is -0.120. The van der Waals surface area contributed by atoms with E-state index in [1.54, 1.807) is 42.5 Å². The fraction of sp³-hybridized carbons (Fsp3) is 0.115. The molecule has 0 unspecified atom stereocenters. The predicted octanol–water partition coefficient (Wildman–Crippen LogP) is 5.16. The number of carbonyl (C=O) groups is 2. The van der Waals surface area contributed by atoms with Gasteiger partial charge in [0.25, 0.3) is 5.91 Å². The lowest BCUT2D eigenvalue weighted by atomic mass is 10.1. The quantitative estimate of drug-likeness (QED) is 0.226. The second-order valence-corrected chi connectivity index (χ2v) is 9.34. The normalized spacial score (nSPS) is 10.9. The number of aryl methyl sites for hydroxylation is 1. The number of aromatic nitrogens is 2. The van der Waals surface area contributed by atoms with E-state index in [9.17, 15) is 14.0 Å². The molecule has 0 spiro atoms. The zero-order valence-electron chi connectivity index (χ0n) is 19.6. The highest BCUT2D eigenvalue weighted by Crippen LogP contribution is 2.23. The molecule has 0 radical (unpaired) electrons. The Morgan fingerprint density at radius 2 is 1.89 bits per heavy atom. The van der Waals surface area contributed by atoms with Crippen LogP contribution in [0.1, 0.15) is 32.1 Å². The molecule has 4 rings (SSSR count). The largest absolute Gasteiger partial charge is 0.488 e. The molecule has 2 N–H and O–H groups in total. The van der Waals surface area contributed by atoms with Crippen molar-refractivity contribution in [3.63, 3.8) is 0 Å². The van der Waals surface area contributed by atoms with Gasteiger partial charge in [0.2, 0.25) is 11.0 Å². The van der Waals surface area contributed by atoms with Gasteiger partial charge in [-0.3, -0.25) is 14.9 Å². The fourth-order valence-electron chi connectivity index (χ4n) is 3.21. The molecule has 188 valence electrons. The summed E-state index contributed by atoms with van der Waals surface area (Å²) in [6.07, 6.45) is 1.34. The Hall–Kier alpha value is -4.15. The van der Waals surface area contributed by atoms with Gasteiger partial charge in [0.15, 0.2) is 0 Å². The molecule has 0 bridgehead atoms. The van der Waals surface area contributed by atoms with E-state index in [-0.39, 0.29) is 24.8 Å². The van der Waals surface area contributed by atoms with Crippen LogP contribution in [0.25, 0.3) is 0 Å². The second-order valence-electron chi connectivity index (χ2n) is 7.84. The third-order valence-corrected chi connectivity index (χ3v) is 6.13. The zero-order valence-corrected chi connectivity index (χ0v) is 21.1. The van der Waals surface area contributed by atoms with Crippen molar-refractivity contribution < 1.29 is 18.7 Å².